The third-order valence-corrected chi connectivity index (χ3v) is 3.77. The van der Waals surface area contributed by atoms with Gasteiger partial charge in [0.25, 0.3) is 5.91 Å². The van der Waals surface area contributed by atoms with Crippen LogP contribution in [0.15, 0.2) is 24.3 Å². The van der Waals surface area contributed by atoms with Gasteiger partial charge in [-0.2, -0.15) is 0 Å². The molecular weight excluding hydrogens is 228 g/mol. The van der Waals surface area contributed by atoms with E-state index < -0.39 is 0 Å². The quantitative estimate of drug-likeness (QED) is 0.802. The summed E-state index contributed by atoms with van der Waals surface area (Å²) in [4.78, 5) is 14.2. The van der Waals surface area contributed by atoms with E-state index in [0.717, 1.165) is 37.2 Å². The zero-order chi connectivity index (χ0) is 12.5. The first-order chi connectivity index (χ1) is 8.74. The minimum atomic E-state index is -0.336. The van der Waals surface area contributed by atoms with E-state index in [4.69, 9.17) is 10.5 Å². The topological polar surface area (TPSA) is 55.6 Å². The third kappa shape index (κ3) is 2.08. The molecule has 1 saturated heterocycles. The van der Waals surface area contributed by atoms with Gasteiger partial charge in [0.2, 0.25) is 0 Å². The van der Waals surface area contributed by atoms with Crippen molar-refractivity contribution in [1.29, 1.82) is 0 Å². The summed E-state index contributed by atoms with van der Waals surface area (Å²) >= 11 is 0. The highest BCUT2D eigenvalue weighted by molar-refractivity contribution is 5.82. The molecular formula is C14H18N2O2. The van der Waals surface area contributed by atoms with Crippen molar-refractivity contribution in [3.05, 3.63) is 29.8 Å². The standard InChI is InChI=1S/C14H18N2O2/c15-11-5-7-16(8-6-11)14(17)13-9-10-3-1-2-4-12(10)18-13/h1-4,11,13H,5-9,15H2/t13-/m0/s1. The molecule has 0 saturated carbocycles. The molecule has 0 bridgehead atoms. The number of amides is 1. The molecule has 2 N–H and O–H groups in total. The molecule has 3 rings (SSSR count). The van der Waals surface area contributed by atoms with Crippen LogP contribution in [0.5, 0.6) is 5.75 Å². The number of para-hydroxylation sites is 1. The van der Waals surface area contributed by atoms with Crippen LogP contribution in [0.3, 0.4) is 0 Å². The molecule has 1 aromatic carbocycles. The molecule has 0 aliphatic carbocycles. The van der Waals surface area contributed by atoms with Crippen molar-refractivity contribution in [2.45, 2.75) is 31.4 Å². The summed E-state index contributed by atoms with van der Waals surface area (Å²) in [6.45, 7) is 1.52. The van der Waals surface area contributed by atoms with Gasteiger partial charge in [-0.25, -0.2) is 0 Å². The molecule has 0 aromatic heterocycles. The second kappa shape index (κ2) is 4.61. The van der Waals surface area contributed by atoms with E-state index in [1.54, 1.807) is 0 Å². The summed E-state index contributed by atoms with van der Waals surface area (Å²) in [7, 11) is 0. The summed E-state index contributed by atoms with van der Waals surface area (Å²) in [5.74, 6) is 0.961. The lowest BCUT2D eigenvalue weighted by atomic mass is 10.0. The molecule has 2 heterocycles. The normalized spacial score (nSPS) is 23.6. The number of ether oxygens (including phenoxy) is 1. The Hall–Kier alpha value is -1.55. The fourth-order valence-electron chi connectivity index (χ4n) is 2.64. The first-order valence-electron chi connectivity index (χ1n) is 6.53. The molecule has 2 aliphatic heterocycles. The first kappa shape index (κ1) is 11.5. The SMILES string of the molecule is NC1CCN(C(=O)[C@@H]2Cc3ccccc3O2)CC1. The molecule has 0 unspecified atom stereocenters. The van der Waals surface area contributed by atoms with Crippen LogP contribution in [0.25, 0.3) is 0 Å². The highest BCUT2D eigenvalue weighted by Gasteiger charge is 2.33. The number of likely N-dealkylation sites (tertiary alicyclic amines) is 1. The third-order valence-electron chi connectivity index (χ3n) is 3.77. The molecule has 0 spiro atoms. The second-order valence-electron chi connectivity index (χ2n) is 5.08. The Morgan fingerprint density at radius 3 is 2.72 bits per heavy atom. The minimum absolute atomic E-state index is 0.109. The monoisotopic (exact) mass is 246 g/mol. The van der Waals surface area contributed by atoms with Crippen molar-refractivity contribution in [3.63, 3.8) is 0 Å². The zero-order valence-corrected chi connectivity index (χ0v) is 10.3. The van der Waals surface area contributed by atoms with Crippen molar-refractivity contribution < 1.29 is 9.53 Å². The summed E-state index contributed by atoms with van der Waals surface area (Å²) in [6, 6.07) is 8.11. The van der Waals surface area contributed by atoms with Crippen molar-refractivity contribution in [2.24, 2.45) is 5.73 Å². The van der Waals surface area contributed by atoms with Crippen molar-refractivity contribution in [1.82, 2.24) is 4.90 Å². The van der Waals surface area contributed by atoms with Gasteiger partial charge in [-0.15, -0.1) is 0 Å². The predicted octanol–water partition coefficient (Wildman–Crippen LogP) is 0.940. The molecule has 18 heavy (non-hydrogen) atoms. The van der Waals surface area contributed by atoms with E-state index in [1.807, 2.05) is 29.2 Å². The second-order valence-corrected chi connectivity index (χ2v) is 5.08. The van der Waals surface area contributed by atoms with E-state index in [1.165, 1.54) is 0 Å². The number of hydrogen-bond donors (Lipinski definition) is 1. The molecule has 0 radical (unpaired) electrons. The van der Waals surface area contributed by atoms with E-state index >= 15 is 0 Å². The van der Waals surface area contributed by atoms with Gasteiger partial charge in [-0.05, 0) is 24.5 Å². The average molecular weight is 246 g/mol. The Morgan fingerprint density at radius 2 is 2.00 bits per heavy atom. The van der Waals surface area contributed by atoms with Crippen LogP contribution in [-0.2, 0) is 11.2 Å². The molecule has 1 aromatic rings. The molecule has 96 valence electrons. The van der Waals surface area contributed by atoms with Gasteiger partial charge in [0, 0.05) is 25.6 Å². The maximum absolute atomic E-state index is 12.3. The Bertz CT molecular complexity index is 428. The number of rotatable bonds is 1. The summed E-state index contributed by atoms with van der Waals surface area (Å²) in [5, 5.41) is 0. The highest BCUT2D eigenvalue weighted by Crippen LogP contribution is 2.29. The van der Waals surface area contributed by atoms with Crippen molar-refractivity contribution in [3.8, 4) is 5.75 Å². The van der Waals surface area contributed by atoms with Crippen LogP contribution in [0, 0.1) is 0 Å². The summed E-state index contributed by atoms with van der Waals surface area (Å²) < 4.78 is 5.73. The fourth-order valence-corrected chi connectivity index (χ4v) is 2.64. The zero-order valence-electron chi connectivity index (χ0n) is 10.3. The molecule has 2 aliphatic rings. The number of hydrogen-bond acceptors (Lipinski definition) is 3. The lowest BCUT2D eigenvalue weighted by Gasteiger charge is -2.31. The van der Waals surface area contributed by atoms with Gasteiger partial charge in [-0.3, -0.25) is 4.79 Å². The van der Waals surface area contributed by atoms with Gasteiger partial charge in [0.05, 0.1) is 0 Å². The number of nitrogens with two attached hydrogens (primary N) is 1. The minimum Gasteiger partial charge on any atom is -0.480 e. The Morgan fingerprint density at radius 1 is 1.28 bits per heavy atom. The Labute approximate surface area is 107 Å². The van der Waals surface area contributed by atoms with Crippen molar-refractivity contribution in [2.75, 3.05) is 13.1 Å². The first-order valence-corrected chi connectivity index (χ1v) is 6.53. The lowest BCUT2D eigenvalue weighted by Crippen LogP contribution is -2.47. The Kier molecular flexibility index (Phi) is 2.96. The van der Waals surface area contributed by atoms with Crippen LogP contribution in [0.2, 0.25) is 0 Å². The van der Waals surface area contributed by atoms with E-state index in [-0.39, 0.29) is 18.1 Å². The van der Waals surface area contributed by atoms with Gasteiger partial charge >= 0.3 is 0 Å². The largest absolute Gasteiger partial charge is 0.480 e. The molecule has 1 fully saturated rings. The smallest absolute Gasteiger partial charge is 0.263 e. The van der Waals surface area contributed by atoms with E-state index in [2.05, 4.69) is 0 Å². The maximum atomic E-state index is 12.3. The predicted molar refractivity (Wildman–Crippen MR) is 68.4 cm³/mol. The van der Waals surface area contributed by atoms with Crippen LogP contribution in [-0.4, -0.2) is 36.0 Å². The lowest BCUT2D eigenvalue weighted by molar-refractivity contribution is -0.138. The maximum Gasteiger partial charge on any atom is 0.263 e. The van der Waals surface area contributed by atoms with Gasteiger partial charge in [-0.1, -0.05) is 18.2 Å². The number of nitrogens with zero attached hydrogens (tertiary/aromatic N) is 1. The van der Waals surface area contributed by atoms with Crippen LogP contribution >= 0.6 is 0 Å². The van der Waals surface area contributed by atoms with Crippen LogP contribution in [0.4, 0.5) is 0 Å². The summed E-state index contributed by atoms with van der Waals surface area (Å²) in [5.41, 5.74) is 6.98. The van der Waals surface area contributed by atoms with E-state index in [9.17, 15) is 4.79 Å². The van der Waals surface area contributed by atoms with Crippen molar-refractivity contribution >= 4 is 5.91 Å². The summed E-state index contributed by atoms with van der Waals surface area (Å²) in [6.07, 6.45) is 2.14. The van der Waals surface area contributed by atoms with E-state index in [0.29, 0.717) is 6.42 Å². The fraction of sp³-hybridized carbons (Fsp3) is 0.500. The number of benzene rings is 1. The van der Waals surface area contributed by atoms with Gasteiger partial charge in [0.1, 0.15) is 5.75 Å². The number of piperidine rings is 1. The average Bonchev–Trinajstić information content (AvgIpc) is 2.82. The number of carbonyl (C=O) groups is 1. The highest BCUT2D eigenvalue weighted by atomic mass is 16.5. The number of carbonyl (C=O) groups excluding carboxylic acids is 1. The van der Waals surface area contributed by atoms with Crippen LogP contribution < -0.4 is 10.5 Å². The van der Waals surface area contributed by atoms with Gasteiger partial charge in [0.15, 0.2) is 6.10 Å². The van der Waals surface area contributed by atoms with Gasteiger partial charge < -0.3 is 15.4 Å². The molecule has 1 amide bonds. The molecule has 4 heteroatoms. The number of fused-ring (bicyclic) bond motifs is 1. The van der Waals surface area contributed by atoms with Crippen LogP contribution in [0.1, 0.15) is 18.4 Å². The molecule has 4 nitrogen and oxygen atoms in total. The molecule has 1 atom stereocenters. The Balaban J connectivity index is 1.65.